The molecule has 7 heteroatoms. The maximum absolute atomic E-state index is 12.6. The summed E-state index contributed by atoms with van der Waals surface area (Å²) < 4.78 is 8.23. The number of anilines is 2. The maximum atomic E-state index is 12.6. The lowest BCUT2D eigenvalue weighted by atomic mass is 10.1. The first-order valence-electron chi connectivity index (χ1n) is 9.43. The largest absolute Gasteiger partial charge is 0.494 e. The summed E-state index contributed by atoms with van der Waals surface area (Å²) in [5, 5.41) is 4.51. The second kappa shape index (κ2) is 7.72. The van der Waals surface area contributed by atoms with Gasteiger partial charge in [0.05, 0.1) is 6.61 Å². The fourth-order valence-electron chi connectivity index (χ4n) is 3.39. The normalized spacial score (nSPS) is 12.8. The average molecular weight is 378 g/mol. The fourth-order valence-corrected chi connectivity index (χ4v) is 3.39. The van der Waals surface area contributed by atoms with E-state index in [4.69, 9.17) is 4.74 Å². The Kier molecular flexibility index (Phi) is 4.97. The first-order chi connectivity index (χ1) is 13.7. The molecule has 144 valence electrons. The van der Waals surface area contributed by atoms with Crippen LogP contribution < -0.4 is 20.8 Å². The van der Waals surface area contributed by atoms with E-state index >= 15 is 0 Å². The van der Waals surface area contributed by atoms with Crippen molar-refractivity contribution in [3.8, 4) is 5.75 Å². The second-order valence-corrected chi connectivity index (χ2v) is 6.60. The van der Waals surface area contributed by atoms with Crippen molar-refractivity contribution in [1.82, 2.24) is 14.3 Å². The Bertz CT molecular complexity index is 1070. The van der Waals surface area contributed by atoms with Gasteiger partial charge in [-0.3, -0.25) is 14.2 Å². The van der Waals surface area contributed by atoms with Crippen molar-refractivity contribution in [3.63, 3.8) is 0 Å². The number of benzene rings is 2. The number of ether oxygens (including phenoxy) is 1. The Labute approximate surface area is 162 Å². The van der Waals surface area contributed by atoms with Gasteiger partial charge in [-0.2, -0.15) is 0 Å². The molecule has 0 saturated heterocycles. The van der Waals surface area contributed by atoms with Gasteiger partial charge < -0.3 is 9.64 Å². The Hall–Kier alpha value is -3.35. The smallest absolute Gasteiger partial charge is 0.332 e. The van der Waals surface area contributed by atoms with Crippen LogP contribution in [-0.2, 0) is 19.5 Å². The first-order valence-corrected chi connectivity index (χ1v) is 9.43. The summed E-state index contributed by atoms with van der Waals surface area (Å²) in [4.78, 5) is 26.9. The lowest BCUT2D eigenvalue weighted by Gasteiger charge is -2.18. The summed E-state index contributed by atoms with van der Waals surface area (Å²) in [5.74, 6) is 1.30. The molecule has 0 fully saturated rings. The Balaban J connectivity index is 1.64. The summed E-state index contributed by atoms with van der Waals surface area (Å²) in [5.41, 5.74) is 0.912. The molecule has 0 atom stereocenters. The lowest BCUT2D eigenvalue weighted by Crippen LogP contribution is -2.42. The molecule has 1 aromatic heterocycles. The zero-order valence-electron chi connectivity index (χ0n) is 15.7. The minimum absolute atomic E-state index is 0.364. The van der Waals surface area contributed by atoms with E-state index in [1.54, 1.807) is 0 Å². The van der Waals surface area contributed by atoms with Gasteiger partial charge in [0.15, 0.2) is 0 Å². The highest BCUT2D eigenvalue weighted by Crippen LogP contribution is 2.28. The van der Waals surface area contributed by atoms with E-state index in [0.717, 1.165) is 17.0 Å². The minimum Gasteiger partial charge on any atom is -0.494 e. The standard InChI is InChI=1S/C21H22N4O3/c1-2-28-18-10-8-17(9-11-18)23-14-15-24-19(26)20(27)25(22-21(23)24)13-12-16-6-4-3-5-7-16/h3-11H,2,12-15H2,1H3. The monoisotopic (exact) mass is 378 g/mol. The van der Waals surface area contributed by atoms with E-state index in [9.17, 15) is 9.59 Å². The van der Waals surface area contributed by atoms with E-state index in [1.165, 1.54) is 9.25 Å². The molecule has 0 bridgehead atoms. The third-order valence-electron chi connectivity index (χ3n) is 4.82. The van der Waals surface area contributed by atoms with Gasteiger partial charge in [0, 0.05) is 25.3 Å². The topological polar surface area (TPSA) is 69.4 Å². The van der Waals surface area contributed by atoms with Crippen LogP contribution >= 0.6 is 0 Å². The molecule has 0 N–H and O–H groups in total. The molecule has 28 heavy (non-hydrogen) atoms. The first kappa shape index (κ1) is 18.0. The van der Waals surface area contributed by atoms with Crippen molar-refractivity contribution in [3.05, 3.63) is 80.9 Å². The molecular formula is C21H22N4O3. The number of hydrogen-bond acceptors (Lipinski definition) is 5. The van der Waals surface area contributed by atoms with Gasteiger partial charge >= 0.3 is 11.1 Å². The number of rotatable bonds is 6. The molecular weight excluding hydrogens is 356 g/mol. The summed E-state index contributed by atoms with van der Waals surface area (Å²) >= 11 is 0. The van der Waals surface area contributed by atoms with Crippen molar-refractivity contribution in [2.75, 3.05) is 18.1 Å². The molecule has 0 radical (unpaired) electrons. The Morgan fingerprint density at radius 2 is 1.71 bits per heavy atom. The zero-order chi connectivity index (χ0) is 19.5. The van der Waals surface area contributed by atoms with Gasteiger partial charge in [0.1, 0.15) is 5.75 Å². The van der Waals surface area contributed by atoms with Crippen LogP contribution in [0, 0.1) is 0 Å². The molecule has 2 heterocycles. The van der Waals surface area contributed by atoms with E-state index in [0.29, 0.717) is 38.6 Å². The third-order valence-corrected chi connectivity index (χ3v) is 4.82. The van der Waals surface area contributed by atoms with E-state index < -0.39 is 11.1 Å². The molecule has 0 saturated carbocycles. The van der Waals surface area contributed by atoms with Crippen molar-refractivity contribution in [2.45, 2.75) is 26.4 Å². The Morgan fingerprint density at radius 1 is 0.964 bits per heavy atom. The predicted octanol–water partition coefficient (Wildman–Crippen LogP) is 2.20. The molecule has 0 unspecified atom stereocenters. The summed E-state index contributed by atoms with van der Waals surface area (Å²) in [6.07, 6.45) is 0.639. The van der Waals surface area contributed by atoms with Crippen molar-refractivity contribution >= 4 is 11.6 Å². The van der Waals surface area contributed by atoms with Crippen molar-refractivity contribution in [2.24, 2.45) is 0 Å². The van der Waals surface area contributed by atoms with Crippen LogP contribution in [0.5, 0.6) is 5.75 Å². The van der Waals surface area contributed by atoms with Crippen LogP contribution in [0.15, 0.2) is 64.2 Å². The highest BCUT2D eigenvalue weighted by Gasteiger charge is 2.25. The van der Waals surface area contributed by atoms with E-state index in [1.807, 2.05) is 66.4 Å². The van der Waals surface area contributed by atoms with Gasteiger partial charge in [-0.1, -0.05) is 30.3 Å². The molecule has 0 spiro atoms. The second-order valence-electron chi connectivity index (χ2n) is 6.60. The van der Waals surface area contributed by atoms with Crippen LogP contribution in [0.25, 0.3) is 0 Å². The van der Waals surface area contributed by atoms with Gasteiger partial charge in [-0.25, -0.2) is 4.68 Å². The van der Waals surface area contributed by atoms with Gasteiger partial charge in [0.25, 0.3) is 0 Å². The van der Waals surface area contributed by atoms with Crippen molar-refractivity contribution in [1.29, 1.82) is 0 Å². The number of nitrogens with zero attached hydrogens (tertiary/aromatic N) is 4. The van der Waals surface area contributed by atoms with Crippen LogP contribution in [0.1, 0.15) is 12.5 Å². The van der Waals surface area contributed by atoms with E-state index in [-0.39, 0.29) is 0 Å². The third kappa shape index (κ3) is 3.43. The molecule has 0 amide bonds. The molecule has 7 nitrogen and oxygen atoms in total. The molecule has 3 aromatic rings. The maximum Gasteiger partial charge on any atom is 0.332 e. The van der Waals surface area contributed by atoms with Gasteiger partial charge in [-0.15, -0.1) is 5.10 Å². The minimum atomic E-state index is -0.576. The highest BCUT2D eigenvalue weighted by atomic mass is 16.5. The molecule has 1 aliphatic rings. The molecule has 0 aliphatic carbocycles. The van der Waals surface area contributed by atoms with E-state index in [2.05, 4.69) is 5.10 Å². The van der Waals surface area contributed by atoms with Crippen LogP contribution in [0.3, 0.4) is 0 Å². The van der Waals surface area contributed by atoms with Crippen molar-refractivity contribution < 1.29 is 4.74 Å². The SMILES string of the molecule is CCOc1ccc(N2CCn3c2nn(CCc2ccccc2)c(=O)c3=O)cc1. The van der Waals surface area contributed by atoms with Crippen LogP contribution in [-0.4, -0.2) is 27.5 Å². The van der Waals surface area contributed by atoms with Gasteiger partial charge in [0.2, 0.25) is 5.95 Å². The van der Waals surface area contributed by atoms with Crippen LogP contribution in [0.4, 0.5) is 11.6 Å². The number of aryl methyl sites for hydroxylation is 2. The molecule has 1 aliphatic heterocycles. The Morgan fingerprint density at radius 3 is 2.43 bits per heavy atom. The average Bonchev–Trinajstić information content (AvgIpc) is 3.15. The summed E-state index contributed by atoms with van der Waals surface area (Å²) in [7, 11) is 0. The van der Waals surface area contributed by atoms with Crippen LogP contribution in [0.2, 0.25) is 0 Å². The number of hydrogen-bond donors (Lipinski definition) is 0. The number of aromatic nitrogens is 3. The summed E-state index contributed by atoms with van der Waals surface area (Å²) in [6.45, 7) is 3.96. The fraction of sp³-hybridized carbons (Fsp3) is 0.286. The van der Waals surface area contributed by atoms with Gasteiger partial charge in [-0.05, 0) is 43.2 Å². The predicted molar refractivity (Wildman–Crippen MR) is 108 cm³/mol. The lowest BCUT2D eigenvalue weighted by molar-refractivity contribution is 0.340. The zero-order valence-corrected chi connectivity index (χ0v) is 15.7. The number of fused-ring (bicyclic) bond motifs is 1. The molecule has 2 aromatic carbocycles. The summed E-state index contributed by atoms with van der Waals surface area (Å²) in [6, 6.07) is 17.5. The molecule has 4 rings (SSSR count). The quantitative estimate of drug-likeness (QED) is 0.615. The highest BCUT2D eigenvalue weighted by molar-refractivity contribution is 5.59.